The molecule has 0 aromatic heterocycles. The highest BCUT2D eigenvalue weighted by Gasteiger charge is 2.25. The van der Waals surface area contributed by atoms with Crippen LogP contribution in [0.25, 0.3) is 0 Å². The van der Waals surface area contributed by atoms with Gasteiger partial charge in [0, 0.05) is 25.9 Å². The molecule has 1 amide bonds. The van der Waals surface area contributed by atoms with Crippen molar-refractivity contribution < 1.29 is 4.79 Å². The zero-order valence-corrected chi connectivity index (χ0v) is 7.60. The van der Waals surface area contributed by atoms with Crippen LogP contribution in [-0.2, 0) is 4.79 Å². The molecule has 0 heterocycles. The first-order valence-corrected chi connectivity index (χ1v) is 4.57. The molecule has 1 rings (SSSR count). The van der Waals surface area contributed by atoms with Crippen LogP contribution in [0.3, 0.4) is 0 Å². The van der Waals surface area contributed by atoms with Crippen molar-refractivity contribution in [3.63, 3.8) is 0 Å². The zero-order chi connectivity index (χ0) is 8.27. The van der Waals surface area contributed by atoms with Crippen LogP contribution in [0.1, 0.15) is 19.3 Å². The molecular weight excluding hydrogens is 162 g/mol. The van der Waals surface area contributed by atoms with Crippen LogP contribution >= 0.6 is 11.6 Å². The van der Waals surface area contributed by atoms with Gasteiger partial charge < -0.3 is 4.90 Å². The van der Waals surface area contributed by atoms with Crippen molar-refractivity contribution in [2.45, 2.75) is 19.3 Å². The summed E-state index contributed by atoms with van der Waals surface area (Å²) in [6, 6.07) is 0. The second-order valence-electron chi connectivity index (χ2n) is 3.15. The topological polar surface area (TPSA) is 20.3 Å². The average Bonchev–Trinajstić information content (AvgIpc) is 2.72. The van der Waals surface area contributed by atoms with Gasteiger partial charge in [-0.05, 0) is 18.8 Å². The van der Waals surface area contributed by atoms with Crippen LogP contribution in [0, 0.1) is 5.92 Å². The monoisotopic (exact) mass is 175 g/mol. The van der Waals surface area contributed by atoms with Crippen LogP contribution in [0.5, 0.6) is 0 Å². The summed E-state index contributed by atoms with van der Waals surface area (Å²) in [5.41, 5.74) is 0. The first-order valence-electron chi connectivity index (χ1n) is 4.04. The van der Waals surface area contributed by atoms with E-state index in [9.17, 15) is 4.79 Å². The van der Waals surface area contributed by atoms with E-state index >= 15 is 0 Å². The Morgan fingerprint density at radius 1 is 1.64 bits per heavy atom. The van der Waals surface area contributed by atoms with Gasteiger partial charge in [0.1, 0.15) is 0 Å². The van der Waals surface area contributed by atoms with Crippen molar-refractivity contribution in [2.24, 2.45) is 5.92 Å². The van der Waals surface area contributed by atoms with E-state index in [2.05, 4.69) is 0 Å². The average molecular weight is 176 g/mol. The lowest BCUT2D eigenvalue weighted by Crippen LogP contribution is -2.28. The van der Waals surface area contributed by atoms with Crippen LogP contribution in [0.2, 0.25) is 0 Å². The summed E-state index contributed by atoms with van der Waals surface area (Å²) in [6.07, 6.45) is 3.20. The van der Waals surface area contributed by atoms with E-state index in [-0.39, 0.29) is 5.91 Å². The molecule has 0 N–H and O–H groups in total. The summed E-state index contributed by atoms with van der Waals surface area (Å²) < 4.78 is 0. The molecule has 0 spiro atoms. The molecule has 1 fully saturated rings. The lowest BCUT2D eigenvalue weighted by molar-refractivity contribution is -0.130. The quantitative estimate of drug-likeness (QED) is 0.593. The lowest BCUT2D eigenvalue weighted by Gasteiger charge is -2.14. The van der Waals surface area contributed by atoms with Gasteiger partial charge in [-0.15, -0.1) is 11.6 Å². The first-order chi connectivity index (χ1) is 5.24. The predicted molar refractivity (Wildman–Crippen MR) is 45.7 cm³/mol. The minimum Gasteiger partial charge on any atom is -0.345 e. The van der Waals surface area contributed by atoms with Gasteiger partial charge in [0.2, 0.25) is 5.91 Å². The normalized spacial score (nSPS) is 16.5. The van der Waals surface area contributed by atoms with Crippen LogP contribution < -0.4 is 0 Å². The van der Waals surface area contributed by atoms with Gasteiger partial charge in [0.25, 0.3) is 0 Å². The number of carbonyl (C=O) groups is 1. The summed E-state index contributed by atoms with van der Waals surface area (Å²) in [5.74, 6) is 1.46. The smallest absolute Gasteiger partial charge is 0.222 e. The molecule has 0 unspecified atom stereocenters. The number of nitrogens with zero attached hydrogens (tertiary/aromatic N) is 1. The van der Waals surface area contributed by atoms with E-state index in [4.69, 9.17) is 11.6 Å². The molecular formula is C8H14ClNO. The predicted octanol–water partition coefficient (Wildman–Crippen LogP) is 1.48. The fraction of sp³-hybridized carbons (Fsp3) is 0.875. The molecule has 1 aliphatic rings. The highest BCUT2D eigenvalue weighted by atomic mass is 35.5. The summed E-state index contributed by atoms with van der Waals surface area (Å²) in [4.78, 5) is 13.0. The lowest BCUT2D eigenvalue weighted by atomic mass is 10.2. The third-order valence-corrected chi connectivity index (χ3v) is 2.17. The number of alkyl halides is 1. The summed E-state index contributed by atoms with van der Waals surface area (Å²) in [5, 5.41) is 0. The molecule has 0 aliphatic heterocycles. The number of rotatable bonds is 4. The second kappa shape index (κ2) is 3.96. The summed E-state index contributed by atoms with van der Waals surface area (Å²) in [7, 11) is 1.81. The number of carbonyl (C=O) groups excluding carboxylic acids is 1. The first kappa shape index (κ1) is 8.85. The third-order valence-electron chi connectivity index (χ3n) is 2.01. The van der Waals surface area contributed by atoms with Crippen molar-refractivity contribution in [3.8, 4) is 0 Å². The van der Waals surface area contributed by atoms with Crippen molar-refractivity contribution in [1.29, 1.82) is 0 Å². The van der Waals surface area contributed by atoms with Crippen LogP contribution in [0.4, 0.5) is 0 Å². The maximum Gasteiger partial charge on any atom is 0.222 e. The van der Waals surface area contributed by atoms with Gasteiger partial charge in [0.05, 0.1) is 0 Å². The third kappa shape index (κ3) is 3.10. The second-order valence-corrected chi connectivity index (χ2v) is 3.53. The highest BCUT2D eigenvalue weighted by Crippen LogP contribution is 2.32. The molecule has 3 heteroatoms. The van der Waals surface area contributed by atoms with Gasteiger partial charge in [-0.2, -0.15) is 0 Å². The number of halogens is 1. The van der Waals surface area contributed by atoms with Crippen molar-refractivity contribution in [3.05, 3.63) is 0 Å². The van der Waals surface area contributed by atoms with Crippen LogP contribution in [0.15, 0.2) is 0 Å². The number of hydrogen-bond donors (Lipinski definition) is 0. The molecule has 0 aromatic rings. The Hall–Kier alpha value is -0.240. The Bertz CT molecular complexity index is 145. The number of hydrogen-bond acceptors (Lipinski definition) is 1. The molecule has 0 saturated heterocycles. The van der Waals surface area contributed by atoms with Crippen molar-refractivity contribution in [1.82, 2.24) is 4.90 Å². The largest absolute Gasteiger partial charge is 0.345 e. The Labute approximate surface area is 72.5 Å². The fourth-order valence-electron chi connectivity index (χ4n) is 0.976. The molecule has 0 radical (unpaired) electrons. The van der Waals surface area contributed by atoms with Crippen molar-refractivity contribution >= 4 is 17.5 Å². The Morgan fingerprint density at radius 2 is 2.27 bits per heavy atom. The maximum atomic E-state index is 11.3. The van der Waals surface area contributed by atoms with E-state index in [0.717, 1.165) is 6.42 Å². The molecule has 0 atom stereocenters. The number of amides is 1. The molecule has 0 aromatic carbocycles. The summed E-state index contributed by atoms with van der Waals surface area (Å²) >= 11 is 5.50. The molecule has 2 nitrogen and oxygen atoms in total. The van der Waals surface area contributed by atoms with Crippen molar-refractivity contribution in [2.75, 3.05) is 19.5 Å². The minimum atomic E-state index is 0.244. The molecule has 11 heavy (non-hydrogen) atoms. The van der Waals surface area contributed by atoms with Gasteiger partial charge in [-0.25, -0.2) is 0 Å². The van der Waals surface area contributed by atoms with E-state index in [1.54, 1.807) is 4.90 Å². The van der Waals surface area contributed by atoms with Crippen LogP contribution in [-0.4, -0.2) is 30.3 Å². The van der Waals surface area contributed by atoms with E-state index < -0.39 is 0 Å². The Balaban J connectivity index is 2.15. The minimum absolute atomic E-state index is 0.244. The highest BCUT2D eigenvalue weighted by molar-refractivity contribution is 6.18. The molecule has 0 bridgehead atoms. The van der Waals surface area contributed by atoms with Gasteiger partial charge in [-0.3, -0.25) is 4.79 Å². The standard InChI is InChI=1S/C8H14ClNO/c1-10(5-4-9)8(11)6-7-2-3-7/h7H,2-6H2,1H3. The maximum absolute atomic E-state index is 11.3. The fourth-order valence-corrected chi connectivity index (χ4v) is 1.23. The van der Waals surface area contributed by atoms with E-state index in [1.807, 2.05) is 7.05 Å². The Kier molecular flexibility index (Phi) is 3.18. The molecule has 1 saturated carbocycles. The van der Waals surface area contributed by atoms with E-state index in [1.165, 1.54) is 12.8 Å². The summed E-state index contributed by atoms with van der Waals surface area (Å²) in [6.45, 7) is 0.674. The van der Waals surface area contributed by atoms with Gasteiger partial charge >= 0.3 is 0 Å². The SMILES string of the molecule is CN(CCCl)C(=O)CC1CC1. The molecule has 64 valence electrons. The van der Waals surface area contributed by atoms with Gasteiger partial charge in [-0.1, -0.05) is 0 Å². The Morgan fingerprint density at radius 3 is 2.73 bits per heavy atom. The zero-order valence-electron chi connectivity index (χ0n) is 6.85. The molecule has 1 aliphatic carbocycles. The van der Waals surface area contributed by atoms with Gasteiger partial charge in [0.15, 0.2) is 0 Å². The van der Waals surface area contributed by atoms with E-state index in [0.29, 0.717) is 18.3 Å².